The SMILES string of the molecule is Cc1ccc(C)c(N2CCN(C(=O)c3cnn(-c4ccccc4)c3C3CCN(C(=O)OC(C)(C)C)CC3)CC2)c1. The van der Waals surface area contributed by atoms with E-state index < -0.39 is 5.60 Å². The normalized spacial score (nSPS) is 16.8. The molecule has 2 aliphatic rings. The molecule has 40 heavy (non-hydrogen) atoms. The Kier molecular flexibility index (Phi) is 7.88. The third kappa shape index (κ3) is 6.01. The first-order chi connectivity index (χ1) is 19.1. The number of aromatic nitrogens is 2. The van der Waals surface area contributed by atoms with Gasteiger partial charge < -0.3 is 19.4 Å². The number of hydrogen-bond donors (Lipinski definition) is 0. The smallest absolute Gasteiger partial charge is 0.410 e. The van der Waals surface area contributed by atoms with Gasteiger partial charge in [-0.25, -0.2) is 9.48 Å². The Labute approximate surface area is 237 Å². The van der Waals surface area contributed by atoms with Gasteiger partial charge in [-0.1, -0.05) is 30.3 Å². The second kappa shape index (κ2) is 11.4. The number of piperidine rings is 1. The Balaban J connectivity index is 1.35. The van der Waals surface area contributed by atoms with Gasteiger partial charge in [-0.3, -0.25) is 4.79 Å². The number of piperazine rings is 1. The van der Waals surface area contributed by atoms with Crippen molar-refractivity contribution in [3.8, 4) is 5.69 Å². The van der Waals surface area contributed by atoms with Crippen LogP contribution in [0, 0.1) is 13.8 Å². The molecule has 0 atom stereocenters. The van der Waals surface area contributed by atoms with Crippen LogP contribution < -0.4 is 4.90 Å². The van der Waals surface area contributed by atoms with Crippen molar-refractivity contribution in [2.24, 2.45) is 0 Å². The summed E-state index contributed by atoms with van der Waals surface area (Å²) >= 11 is 0. The van der Waals surface area contributed by atoms with Crippen molar-refractivity contribution in [2.45, 2.75) is 59.0 Å². The number of rotatable bonds is 4. The highest BCUT2D eigenvalue weighted by Gasteiger charge is 2.34. The molecule has 2 aromatic carbocycles. The summed E-state index contributed by atoms with van der Waals surface area (Å²) in [5, 5.41) is 4.72. The van der Waals surface area contributed by atoms with Gasteiger partial charge in [0.2, 0.25) is 0 Å². The number of carbonyl (C=O) groups is 2. The molecule has 0 spiro atoms. The quantitative estimate of drug-likeness (QED) is 0.431. The number of likely N-dealkylation sites (tertiary alicyclic amines) is 1. The second-order valence-corrected chi connectivity index (χ2v) is 12.0. The van der Waals surface area contributed by atoms with Crippen molar-refractivity contribution in [2.75, 3.05) is 44.2 Å². The highest BCUT2D eigenvalue weighted by molar-refractivity contribution is 5.95. The summed E-state index contributed by atoms with van der Waals surface area (Å²) in [7, 11) is 0. The van der Waals surface area contributed by atoms with E-state index in [0.29, 0.717) is 31.7 Å². The summed E-state index contributed by atoms with van der Waals surface area (Å²) in [5.41, 5.74) is 5.77. The fourth-order valence-electron chi connectivity index (χ4n) is 5.73. The van der Waals surface area contributed by atoms with Gasteiger partial charge in [0.15, 0.2) is 0 Å². The van der Waals surface area contributed by atoms with E-state index in [0.717, 1.165) is 37.3 Å². The Hall–Kier alpha value is -3.81. The highest BCUT2D eigenvalue weighted by Crippen LogP contribution is 2.33. The molecule has 2 amide bonds. The minimum atomic E-state index is -0.526. The maximum atomic E-state index is 14.0. The number of nitrogens with zero attached hydrogens (tertiary/aromatic N) is 5. The van der Waals surface area contributed by atoms with E-state index in [1.54, 1.807) is 11.1 Å². The van der Waals surface area contributed by atoms with Crippen molar-refractivity contribution in [1.82, 2.24) is 19.6 Å². The molecule has 2 saturated heterocycles. The number of amides is 2. The molecule has 0 unspecified atom stereocenters. The minimum absolute atomic E-state index is 0.0346. The lowest BCUT2D eigenvalue weighted by molar-refractivity contribution is 0.0203. The topological polar surface area (TPSA) is 70.9 Å². The highest BCUT2D eigenvalue weighted by atomic mass is 16.6. The van der Waals surface area contributed by atoms with E-state index >= 15 is 0 Å². The maximum absolute atomic E-state index is 14.0. The number of hydrogen-bond acceptors (Lipinski definition) is 5. The molecule has 1 aromatic heterocycles. The zero-order valence-corrected chi connectivity index (χ0v) is 24.4. The number of benzene rings is 2. The maximum Gasteiger partial charge on any atom is 0.410 e. The van der Waals surface area contributed by atoms with E-state index in [1.165, 1.54) is 16.8 Å². The van der Waals surface area contributed by atoms with E-state index in [9.17, 15) is 9.59 Å². The number of carbonyl (C=O) groups excluding carboxylic acids is 2. The predicted octanol–water partition coefficient (Wildman–Crippen LogP) is 5.57. The monoisotopic (exact) mass is 543 g/mol. The molecular formula is C32H41N5O3. The van der Waals surface area contributed by atoms with Crippen LogP contribution in [-0.4, -0.2) is 76.5 Å². The molecule has 5 rings (SSSR count). The summed E-state index contributed by atoms with van der Waals surface area (Å²) in [4.78, 5) is 32.8. The van der Waals surface area contributed by atoms with E-state index in [-0.39, 0.29) is 17.9 Å². The zero-order valence-electron chi connectivity index (χ0n) is 24.4. The minimum Gasteiger partial charge on any atom is -0.444 e. The number of anilines is 1. The molecular weight excluding hydrogens is 502 g/mol. The summed E-state index contributed by atoms with van der Waals surface area (Å²) in [6, 6.07) is 16.5. The largest absolute Gasteiger partial charge is 0.444 e. The molecule has 3 aromatic rings. The van der Waals surface area contributed by atoms with Crippen molar-refractivity contribution in [1.29, 1.82) is 0 Å². The lowest BCUT2D eigenvalue weighted by atomic mass is 9.90. The third-order valence-electron chi connectivity index (χ3n) is 7.84. The fraction of sp³-hybridized carbons (Fsp3) is 0.469. The van der Waals surface area contributed by atoms with E-state index in [1.807, 2.05) is 60.7 Å². The van der Waals surface area contributed by atoms with Crippen LogP contribution in [-0.2, 0) is 4.74 Å². The van der Waals surface area contributed by atoms with Gasteiger partial charge in [-0.15, -0.1) is 0 Å². The van der Waals surface area contributed by atoms with E-state index in [2.05, 4.69) is 36.9 Å². The molecule has 0 saturated carbocycles. The first kappa shape index (κ1) is 27.7. The molecule has 2 fully saturated rings. The van der Waals surface area contributed by atoms with Gasteiger partial charge in [0, 0.05) is 50.9 Å². The fourth-order valence-corrected chi connectivity index (χ4v) is 5.73. The Morgan fingerprint density at radius 1 is 0.875 bits per heavy atom. The standard InChI is InChI=1S/C32H41N5O3/c1-23-11-12-24(2)28(21-23)34-17-19-35(20-18-34)30(38)27-22-33-37(26-9-7-6-8-10-26)29(27)25-13-15-36(16-14-25)31(39)40-32(3,4)5/h6-12,21-22,25H,13-20H2,1-5H3. The third-order valence-corrected chi connectivity index (χ3v) is 7.84. The zero-order chi connectivity index (χ0) is 28.4. The first-order valence-electron chi connectivity index (χ1n) is 14.3. The summed E-state index contributed by atoms with van der Waals surface area (Å²) in [5.74, 6) is 0.143. The van der Waals surface area contributed by atoms with Crippen LogP contribution in [0.2, 0.25) is 0 Å². The van der Waals surface area contributed by atoms with Crippen LogP contribution in [0.15, 0.2) is 54.7 Å². The van der Waals surface area contributed by atoms with Gasteiger partial charge in [0.1, 0.15) is 5.60 Å². The average Bonchev–Trinajstić information content (AvgIpc) is 3.39. The molecule has 0 bridgehead atoms. The van der Waals surface area contributed by atoms with Crippen molar-refractivity contribution in [3.05, 3.63) is 77.1 Å². The van der Waals surface area contributed by atoms with Crippen LogP contribution in [0.3, 0.4) is 0 Å². The Morgan fingerprint density at radius 3 is 2.20 bits per heavy atom. The molecule has 212 valence electrons. The number of para-hydroxylation sites is 1. The van der Waals surface area contributed by atoms with Crippen LogP contribution in [0.5, 0.6) is 0 Å². The Morgan fingerprint density at radius 2 is 1.55 bits per heavy atom. The van der Waals surface area contributed by atoms with Crippen LogP contribution in [0.25, 0.3) is 5.69 Å². The van der Waals surface area contributed by atoms with Gasteiger partial charge in [0.05, 0.1) is 23.1 Å². The Bertz CT molecular complexity index is 1340. The van der Waals surface area contributed by atoms with Crippen LogP contribution >= 0.6 is 0 Å². The number of ether oxygens (including phenoxy) is 1. The van der Waals surface area contributed by atoms with Crippen molar-refractivity contribution >= 4 is 17.7 Å². The van der Waals surface area contributed by atoms with Gasteiger partial charge >= 0.3 is 6.09 Å². The molecule has 3 heterocycles. The van der Waals surface area contributed by atoms with Crippen LogP contribution in [0.4, 0.5) is 10.5 Å². The molecule has 0 N–H and O–H groups in total. The van der Waals surface area contributed by atoms with Gasteiger partial charge in [-0.2, -0.15) is 5.10 Å². The molecule has 0 radical (unpaired) electrons. The van der Waals surface area contributed by atoms with Crippen molar-refractivity contribution < 1.29 is 14.3 Å². The van der Waals surface area contributed by atoms with Gasteiger partial charge in [0.25, 0.3) is 5.91 Å². The average molecular weight is 544 g/mol. The molecule has 2 aliphatic heterocycles. The molecule has 8 nitrogen and oxygen atoms in total. The second-order valence-electron chi connectivity index (χ2n) is 12.0. The van der Waals surface area contributed by atoms with Crippen LogP contribution in [0.1, 0.15) is 66.7 Å². The lowest BCUT2D eigenvalue weighted by Gasteiger charge is -2.37. The van der Waals surface area contributed by atoms with Gasteiger partial charge in [-0.05, 0) is 76.8 Å². The molecule has 8 heteroatoms. The van der Waals surface area contributed by atoms with E-state index in [4.69, 9.17) is 9.84 Å². The predicted molar refractivity (Wildman–Crippen MR) is 157 cm³/mol. The molecule has 0 aliphatic carbocycles. The summed E-state index contributed by atoms with van der Waals surface area (Å²) in [6.45, 7) is 14.0. The lowest BCUT2D eigenvalue weighted by Crippen LogP contribution is -2.49. The summed E-state index contributed by atoms with van der Waals surface area (Å²) in [6.07, 6.45) is 2.96. The summed E-state index contributed by atoms with van der Waals surface area (Å²) < 4.78 is 7.52. The van der Waals surface area contributed by atoms with Crippen molar-refractivity contribution in [3.63, 3.8) is 0 Å². The first-order valence-corrected chi connectivity index (χ1v) is 14.3. The number of aryl methyl sites for hydroxylation is 2.